The lowest BCUT2D eigenvalue weighted by atomic mass is 9.43. The topological polar surface area (TPSA) is 20.2 Å². The van der Waals surface area contributed by atoms with Crippen molar-refractivity contribution in [2.24, 2.45) is 57.7 Å². The third kappa shape index (κ3) is 4.97. The molecule has 0 aromatic heterocycles. The van der Waals surface area contributed by atoms with E-state index in [9.17, 15) is 5.11 Å². The second-order valence-electron chi connectivity index (χ2n) is 15.9. The number of aliphatic hydroxyl groups is 1. The fourth-order valence-corrected chi connectivity index (χ4v) is 10.5. The minimum atomic E-state index is -0.414. The summed E-state index contributed by atoms with van der Waals surface area (Å²) in [5, 5.41) is 11.5. The van der Waals surface area contributed by atoms with Crippen LogP contribution in [0.5, 0.6) is 0 Å². The van der Waals surface area contributed by atoms with Crippen LogP contribution in [0.25, 0.3) is 0 Å². The number of fused-ring (bicyclic) bond motifs is 5. The summed E-state index contributed by atoms with van der Waals surface area (Å²) in [6.07, 6.45) is 17.4. The maximum atomic E-state index is 11.5. The van der Waals surface area contributed by atoms with E-state index in [1.54, 1.807) is 0 Å². The number of hydrogen-bond acceptors (Lipinski definition) is 1. The van der Waals surface area contributed by atoms with Crippen molar-refractivity contribution in [1.29, 1.82) is 0 Å². The van der Waals surface area contributed by atoms with Gasteiger partial charge in [0.25, 0.3) is 0 Å². The molecule has 0 spiro atoms. The fourth-order valence-electron chi connectivity index (χ4n) is 10.5. The lowest BCUT2D eigenvalue weighted by Crippen LogP contribution is -2.56. The maximum absolute atomic E-state index is 11.5. The van der Waals surface area contributed by atoms with Gasteiger partial charge in [-0.25, -0.2) is 0 Å². The molecule has 1 nitrogen and oxygen atoms in total. The van der Waals surface area contributed by atoms with Gasteiger partial charge in [0.05, 0.1) is 5.60 Å². The van der Waals surface area contributed by atoms with E-state index >= 15 is 0 Å². The van der Waals surface area contributed by atoms with E-state index in [2.05, 4.69) is 55.4 Å². The highest BCUT2D eigenvalue weighted by Crippen LogP contribution is 2.69. The molecule has 4 fully saturated rings. The smallest absolute Gasteiger partial charge is 0.0655 e. The summed E-state index contributed by atoms with van der Waals surface area (Å²) in [6, 6.07) is 0. The molecule has 33 heavy (non-hydrogen) atoms. The lowest BCUT2D eigenvalue weighted by molar-refractivity contribution is -0.158. The summed E-state index contributed by atoms with van der Waals surface area (Å²) in [7, 11) is 0. The SMILES string of the molecule is CC(C)CCC[C@@H](C)[C@H]1CC[C@H]2[C@H]3CC[C@H]4C[C@@](O)(CC(C)(C)C)CC[C@]4(C)[C@@H]3CC[C@]12C. The molecule has 0 radical (unpaired) electrons. The minimum Gasteiger partial charge on any atom is -0.390 e. The van der Waals surface area contributed by atoms with Crippen LogP contribution in [-0.2, 0) is 0 Å². The monoisotopic (exact) mass is 458 g/mol. The molecule has 1 heteroatoms. The Bertz CT molecular complexity index is 674. The Hall–Kier alpha value is -0.0400. The summed E-state index contributed by atoms with van der Waals surface area (Å²) < 4.78 is 0. The van der Waals surface area contributed by atoms with Crippen LogP contribution in [0.15, 0.2) is 0 Å². The van der Waals surface area contributed by atoms with Crippen LogP contribution in [0.3, 0.4) is 0 Å². The van der Waals surface area contributed by atoms with Crippen molar-refractivity contribution >= 4 is 0 Å². The average Bonchev–Trinajstić information content (AvgIpc) is 3.04. The first kappa shape index (κ1) is 26.0. The van der Waals surface area contributed by atoms with E-state index < -0.39 is 5.60 Å². The van der Waals surface area contributed by atoms with Crippen molar-refractivity contribution in [2.75, 3.05) is 0 Å². The largest absolute Gasteiger partial charge is 0.390 e. The molecule has 0 aromatic carbocycles. The van der Waals surface area contributed by atoms with E-state index in [0.29, 0.717) is 10.8 Å². The van der Waals surface area contributed by atoms with Gasteiger partial charge in [0.1, 0.15) is 0 Å². The second kappa shape index (κ2) is 9.12. The lowest BCUT2D eigenvalue weighted by Gasteiger charge is -2.62. The molecular weight excluding hydrogens is 400 g/mol. The van der Waals surface area contributed by atoms with Crippen molar-refractivity contribution < 1.29 is 5.11 Å². The molecule has 4 aliphatic carbocycles. The maximum Gasteiger partial charge on any atom is 0.0655 e. The predicted octanol–water partition coefficient (Wildman–Crippen LogP) is 9.28. The highest BCUT2D eigenvalue weighted by molar-refractivity contribution is 5.11. The first-order valence-corrected chi connectivity index (χ1v) is 15.0. The molecule has 1 N–H and O–H groups in total. The van der Waals surface area contributed by atoms with Crippen molar-refractivity contribution in [3.05, 3.63) is 0 Å². The zero-order chi connectivity index (χ0) is 24.2. The van der Waals surface area contributed by atoms with Gasteiger partial charge in [0.15, 0.2) is 0 Å². The van der Waals surface area contributed by atoms with Crippen LogP contribution in [-0.4, -0.2) is 10.7 Å². The van der Waals surface area contributed by atoms with Crippen LogP contribution in [0.1, 0.15) is 139 Å². The second-order valence-corrected chi connectivity index (χ2v) is 15.9. The third-order valence-electron chi connectivity index (χ3n) is 11.9. The molecule has 0 unspecified atom stereocenters. The minimum absolute atomic E-state index is 0.219. The van der Waals surface area contributed by atoms with Crippen molar-refractivity contribution in [1.82, 2.24) is 0 Å². The first-order chi connectivity index (χ1) is 15.3. The molecule has 4 aliphatic rings. The quantitative estimate of drug-likeness (QED) is 0.420. The molecule has 192 valence electrons. The summed E-state index contributed by atoms with van der Waals surface area (Å²) in [6.45, 7) is 19.7. The van der Waals surface area contributed by atoms with Crippen molar-refractivity contribution in [2.45, 2.75) is 144 Å². The predicted molar refractivity (Wildman–Crippen MR) is 142 cm³/mol. The van der Waals surface area contributed by atoms with Gasteiger partial charge in [-0.2, -0.15) is 0 Å². The van der Waals surface area contributed by atoms with E-state index in [4.69, 9.17) is 0 Å². The Morgan fingerprint density at radius 3 is 2.18 bits per heavy atom. The summed E-state index contributed by atoms with van der Waals surface area (Å²) in [5.41, 5.74) is 0.887. The highest BCUT2D eigenvalue weighted by atomic mass is 16.3. The molecule has 0 saturated heterocycles. The summed E-state index contributed by atoms with van der Waals surface area (Å²) in [5.74, 6) is 6.33. The van der Waals surface area contributed by atoms with Crippen LogP contribution in [0.2, 0.25) is 0 Å². The zero-order valence-corrected chi connectivity index (χ0v) is 23.7. The van der Waals surface area contributed by atoms with E-state index in [-0.39, 0.29) is 5.41 Å². The van der Waals surface area contributed by atoms with Crippen molar-refractivity contribution in [3.63, 3.8) is 0 Å². The van der Waals surface area contributed by atoms with Gasteiger partial charge in [-0.1, -0.05) is 74.7 Å². The Kier molecular flexibility index (Phi) is 7.19. The number of rotatable bonds is 6. The molecule has 0 aliphatic heterocycles. The van der Waals surface area contributed by atoms with E-state index in [1.165, 1.54) is 64.2 Å². The summed E-state index contributed by atoms with van der Waals surface area (Å²) >= 11 is 0. The van der Waals surface area contributed by atoms with Gasteiger partial charge in [0.2, 0.25) is 0 Å². The zero-order valence-electron chi connectivity index (χ0n) is 23.7. The van der Waals surface area contributed by atoms with Gasteiger partial charge < -0.3 is 5.11 Å². The molecular formula is C32H58O. The van der Waals surface area contributed by atoms with E-state index in [0.717, 1.165) is 60.7 Å². The Morgan fingerprint density at radius 2 is 1.52 bits per heavy atom. The molecule has 0 heterocycles. The first-order valence-electron chi connectivity index (χ1n) is 15.0. The van der Waals surface area contributed by atoms with Gasteiger partial charge in [-0.05, 0) is 122 Å². The number of hydrogen-bond donors (Lipinski definition) is 1. The van der Waals surface area contributed by atoms with Crippen LogP contribution in [0.4, 0.5) is 0 Å². The normalized spacial score (nSPS) is 46.5. The standard InChI is InChI=1S/C32H58O/c1-22(2)10-9-11-23(3)26-14-15-27-25-13-12-24-20-32(33,21-29(4,5)6)19-18-30(24,7)28(25)16-17-31(26,27)8/h22-28,33H,9-21H2,1-8H3/t23-,24+,25-,26-,27+,28-,30+,31-,32-/m1/s1. The Labute approximate surface area is 207 Å². The van der Waals surface area contributed by atoms with E-state index in [1.807, 2.05) is 0 Å². The molecule has 9 atom stereocenters. The molecule has 0 bridgehead atoms. The molecule has 4 rings (SSSR count). The molecule has 0 amide bonds. The Balaban J connectivity index is 1.45. The highest BCUT2D eigenvalue weighted by Gasteiger charge is 2.61. The van der Waals surface area contributed by atoms with Gasteiger partial charge in [0, 0.05) is 0 Å². The molecule has 0 aromatic rings. The molecule has 4 saturated carbocycles. The Morgan fingerprint density at radius 1 is 0.818 bits per heavy atom. The van der Waals surface area contributed by atoms with Crippen LogP contribution < -0.4 is 0 Å². The van der Waals surface area contributed by atoms with Crippen molar-refractivity contribution in [3.8, 4) is 0 Å². The summed E-state index contributed by atoms with van der Waals surface area (Å²) in [4.78, 5) is 0. The van der Waals surface area contributed by atoms with Gasteiger partial charge in [-0.15, -0.1) is 0 Å². The van der Waals surface area contributed by atoms with Crippen LogP contribution in [0, 0.1) is 57.7 Å². The van der Waals surface area contributed by atoms with Gasteiger partial charge >= 0.3 is 0 Å². The average molecular weight is 459 g/mol. The van der Waals surface area contributed by atoms with Crippen LogP contribution >= 0.6 is 0 Å². The third-order valence-corrected chi connectivity index (χ3v) is 11.9. The fraction of sp³-hybridized carbons (Fsp3) is 1.00. The van der Waals surface area contributed by atoms with Gasteiger partial charge in [-0.3, -0.25) is 0 Å².